The molecule has 17 nitrogen and oxygen atoms in total. The number of rotatable bonds is 22. The standard InChI is InChI=1S/C42H49ClN6O11S3/c1-5-44-37(51)23-59-28-12-10-26(11-13-28)18-19-45-41(56)49-48-34(25-61-24-27-8-6-7-9-32(27)43)33(21-38(52)60-42(2,3)4)47-39(53)36-17-14-29(62-36)22-46-63(57,58)30-15-16-31(40(54)55)35(50)20-30/h6-17,20,33,46,50H,5,18-19,21-25H2,1-4H3,(H,44,51)(H,47,53)(H,54,55)(H2,45,49,56)/b48-34+/t33-/m0/s1. The van der Waals surface area contributed by atoms with Crippen LogP contribution in [0.5, 0.6) is 11.5 Å². The van der Waals surface area contributed by atoms with Crippen molar-refractivity contribution in [1.82, 2.24) is 26.1 Å². The first kappa shape index (κ1) is 50.0. The molecule has 0 fully saturated rings. The Kier molecular flexibility index (Phi) is 18.8. The van der Waals surface area contributed by atoms with Gasteiger partial charge >= 0.3 is 18.0 Å². The van der Waals surface area contributed by atoms with E-state index in [1.165, 1.54) is 23.9 Å². The summed E-state index contributed by atoms with van der Waals surface area (Å²) < 4.78 is 39.3. The number of halogens is 1. The second kappa shape index (κ2) is 23.7. The Morgan fingerprint density at radius 1 is 0.968 bits per heavy atom. The van der Waals surface area contributed by atoms with Crippen LogP contribution in [0.2, 0.25) is 5.02 Å². The van der Waals surface area contributed by atoms with Crippen LogP contribution in [0.15, 0.2) is 88.9 Å². The van der Waals surface area contributed by atoms with Gasteiger partial charge in [0.15, 0.2) is 6.61 Å². The van der Waals surface area contributed by atoms with Crippen molar-refractivity contribution < 1.29 is 52.1 Å². The molecule has 0 bridgehead atoms. The largest absolute Gasteiger partial charge is 0.507 e. The van der Waals surface area contributed by atoms with E-state index in [4.69, 9.17) is 26.2 Å². The van der Waals surface area contributed by atoms with Crippen molar-refractivity contribution >= 4 is 80.2 Å². The van der Waals surface area contributed by atoms with E-state index in [9.17, 15) is 37.5 Å². The molecule has 0 saturated carbocycles. The van der Waals surface area contributed by atoms with E-state index in [1.54, 1.807) is 45.0 Å². The number of thiophene rings is 1. The fourth-order valence-corrected chi connectivity index (χ4v) is 8.76. The number of benzene rings is 3. The van der Waals surface area contributed by atoms with Gasteiger partial charge in [-0.1, -0.05) is 41.9 Å². The first-order valence-corrected chi connectivity index (χ1v) is 23.2. The zero-order valence-electron chi connectivity index (χ0n) is 34.9. The number of hydrazone groups is 1. The van der Waals surface area contributed by atoms with Gasteiger partial charge in [0.1, 0.15) is 22.7 Å². The molecule has 338 valence electrons. The zero-order valence-corrected chi connectivity index (χ0v) is 38.1. The highest BCUT2D eigenvalue weighted by Gasteiger charge is 2.28. The number of aromatic hydroxyl groups is 1. The number of carbonyl (C=O) groups excluding carboxylic acids is 4. The van der Waals surface area contributed by atoms with Crippen molar-refractivity contribution in [3.63, 3.8) is 0 Å². The first-order valence-electron chi connectivity index (χ1n) is 19.4. The number of amides is 4. The highest BCUT2D eigenvalue weighted by molar-refractivity contribution is 7.99. The van der Waals surface area contributed by atoms with Gasteiger partial charge in [0.2, 0.25) is 10.0 Å². The number of nitrogens with one attached hydrogen (secondary N) is 5. The van der Waals surface area contributed by atoms with Crippen LogP contribution in [0, 0.1) is 0 Å². The number of phenols is 1. The van der Waals surface area contributed by atoms with Crippen molar-refractivity contribution in [2.45, 2.75) is 69.4 Å². The lowest BCUT2D eigenvalue weighted by molar-refractivity contribution is -0.155. The molecular formula is C42H49ClN6O11S3. The number of hydrogen-bond acceptors (Lipinski definition) is 13. The van der Waals surface area contributed by atoms with E-state index in [-0.39, 0.29) is 53.3 Å². The Morgan fingerprint density at radius 3 is 2.37 bits per heavy atom. The van der Waals surface area contributed by atoms with Crippen LogP contribution in [0.3, 0.4) is 0 Å². The third-order valence-corrected chi connectivity index (χ3v) is 12.3. The Bertz CT molecular complexity index is 2390. The molecule has 21 heteroatoms. The molecule has 7 N–H and O–H groups in total. The number of sulfonamides is 1. The van der Waals surface area contributed by atoms with Crippen molar-refractivity contribution in [2.24, 2.45) is 5.10 Å². The van der Waals surface area contributed by atoms with Crippen LogP contribution in [-0.2, 0) is 43.1 Å². The van der Waals surface area contributed by atoms with Crippen molar-refractivity contribution in [1.29, 1.82) is 0 Å². The number of nitrogens with zero attached hydrogens (tertiary/aromatic N) is 1. The summed E-state index contributed by atoms with van der Waals surface area (Å²) in [6.45, 7) is 7.29. The summed E-state index contributed by atoms with van der Waals surface area (Å²) in [4.78, 5) is 63.2. The Labute approximate surface area is 378 Å². The number of carbonyl (C=O) groups is 5. The zero-order chi connectivity index (χ0) is 46.2. The quantitative estimate of drug-likeness (QED) is 0.0295. The average molecular weight is 946 g/mol. The van der Waals surface area contributed by atoms with E-state index in [2.05, 4.69) is 31.2 Å². The second-order valence-electron chi connectivity index (χ2n) is 14.6. The minimum absolute atomic E-state index is 0.107. The SMILES string of the molecule is CCNC(=O)COc1ccc(CCNC(=O)N/N=C(\CSCc2ccccc2Cl)[C@H](CC(=O)OC(C)(C)C)NC(=O)c2ccc(CNS(=O)(=O)c3ccc(C(=O)O)c(O)c3)s2)cc1. The van der Waals surface area contributed by atoms with E-state index in [0.29, 0.717) is 34.4 Å². The lowest BCUT2D eigenvalue weighted by Gasteiger charge is -2.24. The number of urea groups is 1. The number of likely N-dealkylation sites (N-methyl/N-ethyl adjacent to an activating group) is 1. The minimum atomic E-state index is -4.20. The molecule has 0 unspecified atom stereocenters. The third kappa shape index (κ3) is 16.9. The van der Waals surface area contributed by atoms with E-state index < -0.39 is 56.9 Å². The van der Waals surface area contributed by atoms with Crippen LogP contribution in [0.4, 0.5) is 4.79 Å². The lowest BCUT2D eigenvalue weighted by atomic mass is 10.1. The summed E-state index contributed by atoms with van der Waals surface area (Å²) >= 11 is 8.75. The van der Waals surface area contributed by atoms with Gasteiger partial charge in [-0.15, -0.1) is 11.3 Å². The van der Waals surface area contributed by atoms with Crippen LogP contribution in [0.1, 0.15) is 70.1 Å². The highest BCUT2D eigenvalue weighted by atomic mass is 35.5. The molecule has 1 atom stereocenters. The Hall–Kier alpha value is -5.67. The predicted octanol–water partition coefficient (Wildman–Crippen LogP) is 5.46. The number of ether oxygens (including phenoxy) is 2. The highest BCUT2D eigenvalue weighted by Crippen LogP contribution is 2.25. The van der Waals surface area contributed by atoms with Gasteiger partial charge < -0.3 is 35.6 Å². The summed E-state index contributed by atoms with van der Waals surface area (Å²) in [6, 6.07) is 18.5. The molecule has 0 saturated heterocycles. The van der Waals surface area contributed by atoms with Crippen molar-refractivity contribution in [3.05, 3.63) is 110 Å². The molecule has 1 aromatic heterocycles. The van der Waals surface area contributed by atoms with Gasteiger partial charge in [0.25, 0.3) is 11.8 Å². The number of hydrogen-bond donors (Lipinski definition) is 7. The molecule has 4 aromatic rings. The molecule has 0 spiro atoms. The molecule has 0 radical (unpaired) electrons. The maximum atomic E-state index is 13.8. The monoisotopic (exact) mass is 944 g/mol. The fourth-order valence-electron chi connectivity index (χ4n) is 5.46. The van der Waals surface area contributed by atoms with Crippen LogP contribution in [0.25, 0.3) is 0 Å². The third-order valence-electron chi connectivity index (χ3n) is 8.46. The molecule has 63 heavy (non-hydrogen) atoms. The van der Waals surface area contributed by atoms with Gasteiger partial charge in [0.05, 0.1) is 27.9 Å². The molecular weight excluding hydrogens is 896 g/mol. The second-order valence-corrected chi connectivity index (χ2v) is 18.9. The molecule has 3 aromatic carbocycles. The summed E-state index contributed by atoms with van der Waals surface area (Å²) in [6.07, 6.45) is 0.103. The van der Waals surface area contributed by atoms with Gasteiger partial charge in [-0.2, -0.15) is 16.9 Å². The fraction of sp³-hybridized carbons (Fsp3) is 0.333. The number of carboxylic acids is 1. The molecule has 0 aliphatic rings. The van der Waals surface area contributed by atoms with Gasteiger partial charge in [-0.3, -0.25) is 14.4 Å². The number of esters is 1. The van der Waals surface area contributed by atoms with Gasteiger partial charge in [-0.25, -0.2) is 28.2 Å². The first-order chi connectivity index (χ1) is 29.8. The smallest absolute Gasteiger partial charge is 0.339 e. The van der Waals surface area contributed by atoms with Crippen molar-refractivity contribution in [3.8, 4) is 11.5 Å². The van der Waals surface area contributed by atoms with Crippen LogP contribution in [-0.4, -0.2) is 91.2 Å². The van der Waals surface area contributed by atoms with E-state index >= 15 is 0 Å². The maximum absolute atomic E-state index is 13.8. The number of aromatic carboxylic acids is 1. The summed E-state index contributed by atoms with van der Waals surface area (Å²) in [7, 11) is -4.20. The molecule has 4 rings (SSSR count). The van der Waals surface area contributed by atoms with Gasteiger partial charge in [-0.05, 0) is 87.7 Å². The lowest BCUT2D eigenvalue weighted by Crippen LogP contribution is -2.45. The maximum Gasteiger partial charge on any atom is 0.339 e. The Morgan fingerprint density at radius 2 is 1.70 bits per heavy atom. The molecule has 4 amide bonds. The van der Waals surface area contributed by atoms with Crippen LogP contribution >= 0.6 is 34.7 Å². The minimum Gasteiger partial charge on any atom is -0.507 e. The van der Waals surface area contributed by atoms with Gasteiger partial charge in [0, 0.05) is 47.1 Å². The Balaban J connectivity index is 1.48. The molecule has 1 heterocycles. The van der Waals surface area contributed by atoms with E-state index in [0.717, 1.165) is 40.7 Å². The average Bonchev–Trinajstić information content (AvgIpc) is 3.70. The number of thioether (sulfide) groups is 1. The van der Waals surface area contributed by atoms with Crippen LogP contribution < -0.4 is 30.8 Å². The normalized spacial score (nSPS) is 12.2. The summed E-state index contributed by atoms with van der Waals surface area (Å²) in [5.41, 5.74) is 3.12. The number of carboxylic acid groups (broad SMARTS) is 1. The summed E-state index contributed by atoms with van der Waals surface area (Å²) in [5.74, 6) is -2.55. The summed E-state index contributed by atoms with van der Waals surface area (Å²) in [5, 5.41) is 32.3. The van der Waals surface area contributed by atoms with E-state index in [1.807, 2.05) is 31.2 Å². The van der Waals surface area contributed by atoms with Crippen molar-refractivity contribution in [2.75, 3.05) is 25.4 Å². The molecule has 0 aliphatic heterocycles. The topological polar surface area (TPSA) is 251 Å². The predicted molar refractivity (Wildman–Crippen MR) is 241 cm³/mol. The molecule has 0 aliphatic carbocycles.